The molecule has 0 saturated carbocycles. The molecule has 0 saturated heterocycles. The third-order valence-corrected chi connectivity index (χ3v) is 7.22. The molecule has 0 aliphatic carbocycles. The van der Waals surface area contributed by atoms with Crippen molar-refractivity contribution in [3.63, 3.8) is 0 Å². The Hall–Kier alpha value is -2.47. The van der Waals surface area contributed by atoms with E-state index in [0.29, 0.717) is 35.3 Å². The van der Waals surface area contributed by atoms with Gasteiger partial charge in [-0.1, -0.05) is 96.9 Å². The predicted molar refractivity (Wildman–Crippen MR) is 147 cm³/mol. The van der Waals surface area contributed by atoms with Gasteiger partial charge in [0.15, 0.2) is 0 Å². The Bertz CT molecular complexity index is 1100. The molecule has 35 heavy (non-hydrogen) atoms. The largest absolute Gasteiger partial charge is 0.354 e. The Morgan fingerprint density at radius 1 is 0.886 bits per heavy atom. The normalized spacial score (nSPS) is 11.6. The Morgan fingerprint density at radius 3 is 2.17 bits per heavy atom. The van der Waals surface area contributed by atoms with Gasteiger partial charge in [0.2, 0.25) is 11.8 Å². The number of hydrogen-bond acceptors (Lipinski definition) is 3. The number of rotatable bonds is 12. The van der Waals surface area contributed by atoms with Crippen molar-refractivity contribution in [2.75, 3.05) is 12.3 Å². The molecule has 0 fully saturated rings. The molecule has 7 heteroatoms. The molecule has 0 radical (unpaired) electrons. The van der Waals surface area contributed by atoms with Crippen LogP contribution in [0, 0.1) is 0 Å². The SMILES string of the molecule is CCCNC(=O)[C@@H](Cc1ccccc1)N(Cc1ccccc1)C(=O)CSCc1ccc(Cl)c(Cl)c1. The lowest BCUT2D eigenvalue weighted by Crippen LogP contribution is -2.51. The van der Waals surface area contributed by atoms with Gasteiger partial charge in [0.25, 0.3) is 0 Å². The summed E-state index contributed by atoms with van der Waals surface area (Å²) in [6.45, 7) is 2.95. The Labute approximate surface area is 222 Å². The minimum Gasteiger partial charge on any atom is -0.354 e. The standard InChI is InChI=1S/C28H30Cl2N2O2S/c1-2-15-31-28(34)26(17-21-9-5-3-6-10-21)32(18-22-11-7-4-8-12-22)27(33)20-35-19-23-13-14-24(29)25(30)16-23/h3-14,16,26H,2,15,17-20H2,1H3,(H,31,34)/t26-/m1/s1. The van der Waals surface area contributed by atoms with Gasteiger partial charge in [-0.15, -0.1) is 11.8 Å². The molecule has 0 aliphatic heterocycles. The molecular formula is C28H30Cl2N2O2S. The highest BCUT2D eigenvalue weighted by Crippen LogP contribution is 2.25. The molecule has 0 aromatic heterocycles. The molecule has 0 unspecified atom stereocenters. The van der Waals surface area contributed by atoms with Crippen molar-refractivity contribution in [3.8, 4) is 0 Å². The van der Waals surface area contributed by atoms with Crippen LogP contribution in [0.4, 0.5) is 0 Å². The molecule has 1 atom stereocenters. The number of benzene rings is 3. The van der Waals surface area contributed by atoms with Crippen LogP contribution in [0.15, 0.2) is 78.9 Å². The van der Waals surface area contributed by atoms with E-state index >= 15 is 0 Å². The Balaban J connectivity index is 1.80. The fraction of sp³-hybridized carbons (Fsp3) is 0.286. The van der Waals surface area contributed by atoms with Crippen LogP contribution in [0.1, 0.15) is 30.0 Å². The van der Waals surface area contributed by atoms with Crippen molar-refractivity contribution < 1.29 is 9.59 Å². The van der Waals surface area contributed by atoms with Crippen LogP contribution in [0.25, 0.3) is 0 Å². The molecule has 3 rings (SSSR count). The molecule has 3 aromatic carbocycles. The third-order valence-electron chi connectivity index (χ3n) is 5.49. The second kappa shape index (κ2) is 14.2. The van der Waals surface area contributed by atoms with E-state index < -0.39 is 6.04 Å². The van der Waals surface area contributed by atoms with Crippen LogP contribution >= 0.6 is 35.0 Å². The fourth-order valence-corrected chi connectivity index (χ4v) is 4.85. The lowest BCUT2D eigenvalue weighted by molar-refractivity contribution is -0.139. The molecule has 1 N–H and O–H groups in total. The maximum atomic E-state index is 13.5. The van der Waals surface area contributed by atoms with E-state index in [9.17, 15) is 9.59 Å². The Kier molecular flexibility index (Phi) is 11.0. The van der Waals surface area contributed by atoms with Crippen molar-refractivity contribution in [1.82, 2.24) is 10.2 Å². The van der Waals surface area contributed by atoms with Crippen LogP contribution in [-0.2, 0) is 28.3 Å². The van der Waals surface area contributed by atoms with E-state index in [0.717, 1.165) is 23.1 Å². The number of nitrogens with zero attached hydrogens (tertiary/aromatic N) is 1. The topological polar surface area (TPSA) is 49.4 Å². The van der Waals surface area contributed by atoms with Crippen LogP contribution in [-0.4, -0.2) is 35.1 Å². The van der Waals surface area contributed by atoms with E-state index in [-0.39, 0.29) is 17.6 Å². The molecule has 3 aromatic rings. The smallest absolute Gasteiger partial charge is 0.243 e. The highest BCUT2D eigenvalue weighted by Gasteiger charge is 2.30. The minimum atomic E-state index is -0.609. The first-order chi connectivity index (χ1) is 17.0. The summed E-state index contributed by atoms with van der Waals surface area (Å²) in [6.07, 6.45) is 1.28. The summed E-state index contributed by atoms with van der Waals surface area (Å²) in [4.78, 5) is 28.5. The summed E-state index contributed by atoms with van der Waals surface area (Å²) in [5.74, 6) is 0.660. The predicted octanol–water partition coefficient (Wildman–Crippen LogP) is 6.39. The van der Waals surface area contributed by atoms with Gasteiger partial charge in [0, 0.05) is 25.3 Å². The van der Waals surface area contributed by atoms with Crippen molar-refractivity contribution in [1.29, 1.82) is 0 Å². The number of carbonyl (C=O) groups excluding carboxylic acids is 2. The zero-order valence-corrected chi connectivity index (χ0v) is 22.1. The number of hydrogen-bond donors (Lipinski definition) is 1. The van der Waals surface area contributed by atoms with Crippen LogP contribution in [0.3, 0.4) is 0 Å². The van der Waals surface area contributed by atoms with Crippen molar-refractivity contribution >= 4 is 46.8 Å². The maximum absolute atomic E-state index is 13.5. The van der Waals surface area contributed by atoms with Crippen molar-refractivity contribution in [2.24, 2.45) is 0 Å². The van der Waals surface area contributed by atoms with E-state index in [2.05, 4.69) is 5.32 Å². The first-order valence-electron chi connectivity index (χ1n) is 11.6. The lowest BCUT2D eigenvalue weighted by atomic mass is 10.0. The zero-order chi connectivity index (χ0) is 25.0. The molecule has 0 spiro atoms. The quantitative estimate of drug-likeness (QED) is 0.296. The first-order valence-corrected chi connectivity index (χ1v) is 13.6. The zero-order valence-electron chi connectivity index (χ0n) is 19.8. The van der Waals surface area contributed by atoms with Crippen molar-refractivity contribution in [3.05, 3.63) is 106 Å². The fourth-order valence-electron chi connectivity index (χ4n) is 3.67. The lowest BCUT2D eigenvalue weighted by Gasteiger charge is -2.31. The number of nitrogens with one attached hydrogen (secondary N) is 1. The molecular weight excluding hydrogens is 499 g/mol. The second-order valence-corrected chi connectivity index (χ2v) is 10.0. The molecule has 0 bridgehead atoms. The van der Waals surface area contributed by atoms with Crippen molar-refractivity contribution in [2.45, 2.75) is 38.1 Å². The number of thioether (sulfide) groups is 1. The molecule has 0 aliphatic rings. The number of amides is 2. The van der Waals surface area contributed by atoms with E-state index in [4.69, 9.17) is 23.2 Å². The number of halogens is 2. The van der Waals surface area contributed by atoms with Gasteiger partial charge in [-0.25, -0.2) is 0 Å². The van der Waals surface area contributed by atoms with E-state index in [1.165, 1.54) is 11.8 Å². The molecule has 184 valence electrons. The first kappa shape index (κ1) is 27.1. The molecule has 4 nitrogen and oxygen atoms in total. The van der Waals surface area contributed by atoms with Gasteiger partial charge in [-0.3, -0.25) is 9.59 Å². The van der Waals surface area contributed by atoms with Crippen LogP contribution in [0.2, 0.25) is 10.0 Å². The third kappa shape index (κ3) is 8.60. The van der Waals surface area contributed by atoms with Crippen LogP contribution in [0.5, 0.6) is 0 Å². The number of carbonyl (C=O) groups is 2. The van der Waals surface area contributed by atoms with E-state index in [1.54, 1.807) is 11.0 Å². The van der Waals surface area contributed by atoms with E-state index in [1.807, 2.05) is 79.7 Å². The van der Waals surface area contributed by atoms with Gasteiger partial charge in [0.1, 0.15) is 6.04 Å². The minimum absolute atomic E-state index is 0.0773. The van der Waals surface area contributed by atoms with Crippen LogP contribution < -0.4 is 5.32 Å². The average Bonchev–Trinajstić information content (AvgIpc) is 2.88. The van der Waals surface area contributed by atoms with Gasteiger partial charge in [-0.05, 0) is 35.2 Å². The highest BCUT2D eigenvalue weighted by molar-refractivity contribution is 7.99. The molecule has 2 amide bonds. The highest BCUT2D eigenvalue weighted by atomic mass is 35.5. The summed E-state index contributed by atoms with van der Waals surface area (Å²) in [5, 5.41) is 4.00. The van der Waals surface area contributed by atoms with Gasteiger partial charge in [-0.2, -0.15) is 0 Å². The Morgan fingerprint density at radius 2 is 1.54 bits per heavy atom. The summed E-state index contributed by atoms with van der Waals surface area (Å²) in [7, 11) is 0. The monoisotopic (exact) mass is 528 g/mol. The van der Waals surface area contributed by atoms with Gasteiger partial charge >= 0.3 is 0 Å². The second-order valence-electron chi connectivity index (χ2n) is 8.25. The van der Waals surface area contributed by atoms with Gasteiger partial charge in [0.05, 0.1) is 15.8 Å². The molecule has 0 heterocycles. The maximum Gasteiger partial charge on any atom is 0.243 e. The summed E-state index contributed by atoms with van der Waals surface area (Å²) >= 11 is 13.6. The summed E-state index contributed by atoms with van der Waals surface area (Å²) in [5.41, 5.74) is 2.99. The average molecular weight is 530 g/mol. The summed E-state index contributed by atoms with van der Waals surface area (Å²) < 4.78 is 0. The van der Waals surface area contributed by atoms with Gasteiger partial charge < -0.3 is 10.2 Å². The summed E-state index contributed by atoms with van der Waals surface area (Å²) in [6, 6.07) is 24.5.